The van der Waals surface area contributed by atoms with Crippen molar-refractivity contribution in [2.24, 2.45) is 0 Å². The molecule has 18 heavy (non-hydrogen) atoms. The van der Waals surface area contributed by atoms with Gasteiger partial charge >= 0.3 is 5.97 Å². The maximum atomic E-state index is 10.8. The summed E-state index contributed by atoms with van der Waals surface area (Å²) < 4.78 is 1.76. The third-order valence-corrected chi connectivity index (χ3v) is 2.82. The molecular weight excluding hydrogens is 234 g/mol. The molecule has 0 bridgehead atoms. The number of carbonyl (C=O) groups is 1. The van der Waals surface area contributed by atoms with Gasteiger partial charge in [0.2, 0.25) is 5.78 Å². The minimum Gasteiger partial charge on any atom is -0.481 e. The molecule has 92 valence electrons. The second-order valence-electron chi connectivity index (χ2n) is 4.05. The first kappa shape index (κ1) is 10.6. The van der Waals surface area contributed by atoms with E-state index in [1.165, 1.54) is 0 Å². The van der Waals surface area contributed by atoms with Crippen molar-refractivity contribution in [3.8, 4) is 11.4 Å². The molecule has 0 fully saturated rings. The summed E-state index contributed by atoms with van der Waals surface area (Å²) in [4.78, 5) is 25.2. The third kappa shape index (κ3) is 1.56. The average molecular weight is 245 g/mol. The van der Waals surface area contributed by atoms with E-state index in [1.807, 2.05) is 6.92 Å². The van der Waals surface area contributed by atoms with Crippen molar-refractivity contribution in [2.45, 2.75) is 13.3 Å². The molecule has 0 aliphatic rings. The van der Waals surface area contributed by atoms with Crippen LogP contribution in [0.15, 0.2) is 18.7 Å². The third-order valence-electron chi connectivity index (χ3n) is 2.82. The zero-order valence-electron chi connectivity index (χ0n) is 9.64. The lowest BCUT2D eigenvalue weighted by Gasteiger charge is -1.96. The van der Waals surface area contributed by atoms with E-state index < -0.39 is 5.97 Å². The zero-order valence-corrected chi connectivity index (χ0v) is 9.64. The molecule has 7 nitrogen and oxygen atoms in total. The number of imidazole rings is 3. The Morgan fingerprint density at radius 2 is 2.39 bits per heavy atom. The summed E-state index contributed by atoms with van der Waals surface area (Å²) in [5.41, 5.74) is 3.04. The number of fused-ring (bicyclic) bond motifs is 1. The van der Waals surface area contributed by atoms with Crippen LogP contribution < -0.4 is 0 Å². The Morgan fingerprint density at radius 3 is 3.06 bits per heavy atom. The molecule has 0 atom stereocenters. The van der Waals surface area contributed by atoms with E-state index in [0.29, 0.717) is 11.5 Å². The van der Waals surface area contributed by atoms with Crippen LogP contribution >= 0.6 is 0 Å². The number of rotatable bonds is 3. The van der Waals surface area contributed by atoms with Crippen LogP contribution in [0, 0.1) is 6.92 Å². The summed E-state index contributed by atoms with van der Waals surface area (Å²) in [7, 11) is 0. The monoisotopic (exact) mass is 245 g/mol. The highest BCUT2D eigenvalue weighted by molar-refractivity contribution is 5.70. The summed E-state index contributed by atoms with van der Waals surface area (Å²) in [6.07, 6.45) is 5.01. The summed E-state index contributed by atoms with van der Waals surface area (Å²) in [5.74, 6) is -0.232. The van der Waals surface area contributed by atoms with Gasteiger partial charge < -0.3 is 15.1 Å². The number of aliphatic carboxylic acids is 1. The van der Waals surface area contributed by atoms with Gasteiger partial charge in [-0.1, -0.05) is 0 Å². The quantitative estimate of drug-likeness (QED) is 0.640. The van der Waals surface area contributed by atoms with Gasteiger partial charge in [-0.15, -0.1) is 0 Å². The number of hydrogen-bond acceptors (Lipinski definition) is 3. The Morgan fingerprint density at radius 1 is 1.56 bits per heavy atom. The fourth-order valence-corrected chi connectivity index (χ4v) is 1.98. The van der Waals surface area contributed by atoms with E-state index in [-0.39, 0.29) is 6.42 Å². The van der Waals surface area contributed by atoms with Crippen molar-refractivity contribution in [2.75, 3.05) is 0 Å². The van der Waals surface area contributed by atoms with Gasteiger partial charge in [-0.3, -0.25) is 9.20 Å². The fourth-order valence-electron chi connectivity index (χ4n) is 1.98. The van der Waals surface area contributed by atoms with Gasteiger partial charge in [0.25, 0.3) is 0 Å². The molecule has 0 saturated carbocycles. The SMILES string of the molecule is Cc1[nH]c2nc(-c3cnc[nH]3)cn2c1CC(=O)O. The van der Waals surface area contributed by atoms with Gasteiger partial charge in [0.15, 0.2) is 0 Å². The lowest BCUT2D eigenvalue weighted by molar-refractivity contribution is -0.136. The normalized spacial score (nSPS) is 11.2. The number of aromatic amines is 2. The molecule has 0 amide bonds. The molecule has 3 aromatic rings. The molecule has 0 saturated heterocycles. The first-order chi connectivity index (χ1) is 8.65. The van der Waals surface area contributed by atoms with Crippen LogP contribution in [0.1, 0.15) is 11.4 Å². The number of aryl methyl sites for hydroxylation is 1. The first-order valence-corrected chi connectivity index (χ1v) is 5.42. The number of hydrogen-bond donors (Lipinski definition) is 3. The predicted octanol–water partition coefficient (Wildman–Crippen LogP) is 0.988. The van der Waals surface area contributed by atoms with Gasteiger partial charge in [-0.2, -0.15) is 0 Å². The van der Waals surface area contributed by atoms with Crippen molar-refractivity contribution >= 4 is 11.7 Å². The summed E-state index contributed by atoms with van der Waals surface area (Å²) in [5, 5.41) is 8.90. The van der Waals surface area contributed by atoms with Gasteiger partial charge in [-0.25, -0.2) is 9.97 Å². The standard InChI is InChI=1S/C11H11N5O2/c1-6-9(2-10(17)18)16-4-8(15-11(16)14-6)7-3-12-5-13-7/h3-5H,2H2,1H3,(H,12,13)(H,14,15)(H,17,18). The smallest absolute Gasteiger partial charge is 0.309 e. The highest BCUT2D eigenvalue weighted by atomic mass is 16.4. The molecule has 0 radical (unpaired) electrons. The Kier molecular flexibility index (Phi) is 2.19. The lowest BCUT2D eigenvalue weighted by Crippen LogP contribution is -2.03. The molecule has 0 spiro atoms. The summed E-state index contributed by atoms with van der Waals surface area (Å²) in [6, 6.07) is 0. The number of nitrogens with one attached hydrogen (secondary N) is 2. The number of H-pyrrole nitrogens is 2. The molecule has 0 aliphatic heterocycles. The largest absolute Gasteiger partial charge is 0.481 e. The van der Waals surface area contributed by atoms with Crippen LogP contribution in [-0.2, 0) is 11.2 Å². The maximum Gasteiger partial charge on any atom is 0.309 e. The molecule has 0 aliphatic carbocycles. The molecule has 3 N–H and O–H groups in total. The number of aromatic nitrogens is 5. The molecule has 3 heterocycles. The van der Waals surface area contributed by atoms with Crippen LogP contribution in [0.25, 0.3) is 17.2 Å². The van der Waals surface area contributed by atoms with Crippen molar-refractivity contribution in [3.63, 3.8) is 0 Å². The van der Waals surface area contributed by atoms with Crippen LogP contribution in [0.2, 0.25) is 0 Å². The molecule has 3 aromatic heterocycles. The van der Waals surface area contributed by atoms with Crippen molar-refractivity contribution < 1.29 is 9.90 Å². The van der Waals surface area contributed by atoms with E-state index in [1.54, 1.807) is 23.1 Å². The number of carboxylic acid groups (broad SMARTS) is 1. The van der Waals surface area contributed by atoms with Crippen LogP contribution in [-0.4, -0.2) is 35.4 Å². The van der Waals surface area contributed by atoms with E-state index >= 15 is 0 Å². The highest BCUT2D eigenvalue weighted by Crippen LogP contribution is 2.19. The molecule has 7 heteroatoms. The van der Waals surface area contributed by atoms with Gasteiger partial charge in [0, 0.05) is 11.9 Å². The Bertz CT molecular complexity index is 707. The topological polar surface area (TPSA) is 99.1 Å². The zero-order chi connectivity index (χ0) is 12.7. The Hall–Kier alpha value is -2.57. The second kappa shape index (κ2) is 3.73. The molecular formula is C11H11N5O2. The van der Waals surface area contributed by atoms with Gasteiger partial charge in [0.05, 0.1) is 30.3 Å². The molecule has 0 unspecified atom stereocenters. The van der Waals surface area contributed by atoms with Crippen molar-refractivity contribution in [3.05, 3.63) is 30.1 Å². The maximum absolute atomic E-state index is 10.8. The molecule has 0 aromatic carbocycles. The van der Waals surface area contributed by atoms with Gasteiger partial charge in [0.1, 0.15) is 5.69 Å². The van der Waals surface area contributed by atoms with E-state index in [9.17, 15) is 4.79 Å². The first-order valence-electron chi connectivity index (χ1n) is 5.42. The van der Waals surface area contributed by atoms with Crippen LogP contribution in [0.5, 0.6) is 0 Å². The Balaban J connectivity index is 2.13. The van der Waals surface area contributed by atoms with E-state index in [0.717, 1.165) is 17.1 Å². The van der Waals surface area contributed by atoms with E-state index in [2.05, 4.69) is 19.9 Å². The number of carboxylic acids is 1. The van der Waals surface area contributed by atoms with E-state index in [4.69, 9.17) is 5.11 Å². The lowest BCUT2D eigenvalue weighted by atomic mass is 10.2. The van der Waals surface area contributed by atoms with Crippen molar-refractivity contribution in [1.29, 1.82) is 0 Å². The average Bonchev–Trinajstić information content (AvgIpc) is 2.96. The Labute approximate surface area is 102 Å². The number of nitrogens with zero attached hydrogens (tertiary/aromatic N) is 3. The fraction of sp³-hybridized carbons (Fsp3) is 0.182. The van der Waals surface area contributed by atoms with Crippen LogP contribution in [0.3, 0.4) is 0 Å². The molecule has 3 rings (SSSR count). The second-order valence-corrected chi connectivity index (χ2v) is 4.05. The van der Waals surface area contributed by atoms with Gasteiger partial charge in [-0.05, 0) is 6.92 Å². The van der Waals surface area contributed by atoms with Crippen molar-refractivity contribution in [1.82, 2.24) is 24.3 Å². The predicted molar refractivity (Wildman–Crippen MR) is 63.2 cm³/mol. The highest BCUT2D eigenvalue weighted by Gasteiger charge is 2.15. The van der Waals surface area contributed by atoms with Crippen LogP contribution in [0.4, 0.5) is 0 Å². The minimum absolute atomic E-state index is 0.0371. The minimum atomic E-state index is -0.865. The summed E-state index contributed by atoms with van der Waals surface area (Å²) >= 11 is 0. The summed E-state index contributed by atoms with van der Waals surface area (Å²) in [6.45, 7) is 1.84.